The molecule has 1 amide bonds. The highest BCUT2D eigenvalue weighted by atomic mass is 16.6. The fourth-order valence-electron chi connectivity index (χ4n) is 2.68. The van der Waals surface area contributed by atoms with Gasteiger partial charge in [-0.15, -0.1) is 0 Å². The standard InChI is InChI=1S/C15H30N2O2/c1-14(2,3)19-13(18)17-10-6-7-12(11-17)15(4,5)8-9-16/h12H,6-11,16H2,1-5H3. The predicted molar refractivity (Wildman–Crippen MR) is 78.0 cm³/mol. The highest BCUT2D eigenvalue weighted by Gasteiger charge is 2.35. The molecule has 0 aliphatic carbocycles. The summed E-state index contributed by atoms with van der Waals surface area (Å²) >= 11 is 0. The Morgan fingerprint density at radius 3 is 2.47 bits per heavy atom. The number of likely N-dealkylation sites (tertiary alicyclic amines) is 1. The minimum absolute atomic E-state index is 0.180. The molecule has 1 atom stereocenters. The molecule has 0 aromatic rings. The van der Waals surface area contributed by atoms with E-state index in [0.29, 0.717) is 12.5 Å². The molecule has 19 heavy (non-hydrogen) atoms. The summed E-state index contributed by atoms with van der Waals surface area (Å²) in [5.74, 6) is 0.511. The topological polar surface area (TPSA) is 55.6 Å². The smallest absolute Gasteiger partial charge is 0.410 e. The third-order valence-electron chi connectivity index (χ3n) is 3.97. The molecule has 0 spiro atoms. The molecule has 0 aromatic carbocycles. The number of ether oxygens (including phenoxy) is 1. The lowest BCUT2D eigenvalue weighted by Gasteiger charge is -2.41. The molecule has 1 heterocycles. The molecule has 1 rings (SSSR count). The van der Waals surface area contributed by atoms with Gasteiger partial charge in [-0.3, -0.25) is 0 Å². The first-order chi connectivity index (χ1) is 8.65. The molecule has 1 aliphatic rings. The van der Waals surface area contributed by atoms with Crippen molar-refractivity contribution in [1.82, 2.24) is 4.90 Å². The first kappa shape index (κ1) is 16.3. The normalized spacial score (nSPS) is 21.4. The van der Waals surface area contributed by atoms with Gasteiger partial charge in [0.25, 0.3) is 0 Å². The second-order valence-corrected chi connectivity index (χ2v) is 7.29. The fourth-order valence-corrected chi connectivity index (χ4v) is 2.68. The van der Waals surface area contributed by atoms with Crippen LogP contribution in [0.15, 0.2) is 0 Å². The highest BCUT2D eigenvalue weighted by Crippen LogP contribution is 2.36. The van der Waals surface area contributed by atoms with Crippen molar-refractivity contribution in [3.63, 3.8) is 0 Å². The second-order valence-electron chi connectivity index (χ2n) is 7.29. The van der Waals surface area contributed by atoms with Crippen molar-refractivity contribution in [2.75, 3.05) is 19.6 Å². The number of nitrogens with zero attached hydrogens (tertiary/aromatic N) is 1. The minimum atomic E-state index is -0.420. The van der Waals surface area contributed by atoms with E-state index >= 15 is 0 Å². The van der Waals surface area contributed by atoms with Crippen LogP contribution in [-0.2, 0) is 4.74 Å². The van der Waals surface area contributed by atoms with Crippen LogP contribution in [0.3, 0.4) is 0 Å². The Morgan fingerprint density at radius 1 is 1.32 bits per heavy atom. The number of amides is 1. The molecule has 4 nitrogen and oxygen atoms in total. The molecule has 1 saturated heterocycles. The van der Waals surface area contributed by atoms with Crippen LogP contribution < -0.4 is 5.73 Å². The van der Waals surface area contributed by atoms with E-state index in [1.807, 2.05) is 25.7 Å². The van der Waals surface area contributed by atoms with Gasteiger partial charge in [0.2, 0.25) is 0 Å². The molecule has 0 bridgehead atoms. The van der Waals surface area contributed by atoms with Crippen LogP contribution in [0.25, 0.3) is 0 Å². The van der Waals surface area contributed by atoms with Gasteiger partial charge in [-0.2, -0.15) is 0 Å². The van der Waals surface area contributed by atoms with Crippen molar-refractivity contribution in [3.8, 4) is 0 Å². The second kappa shape index (κ2) is 6.12. The zero-order valence-corrected chi connectivity index (χ0v) is 13.2. The van der Waals surface area contributed by atoms with Crippen molar-refractivity contribution in [1.29, 1.82) is 0 Å². The van der Waals surface area contributed by atoms with Gasteiger partial charge >= 0.3 is 6.09 Å². The Kier molecular flexibility index (Phi) is 5.25. The van der Waals surface area contributed by atoms with Gasteiger partial charge in [0, 0.05) is 13.1 Å². The molecular weight excluding hydrogens is 240 g/mol. The van der Waals surface area contributed by atoms with E-state index in [2.05, 4.69) is 13.8 Å². The molecule has 4 heteroatoms. The molecule has 0 radical (unpaired) electrons. The summed E-state index contributed by atoms with van der Waals surface area (Å²) < 4.78 is 5.46. The van der Waals surface area contributed by atoms with Crippen LogP contribution in [0.1, 0.15) is 53.9 Å². The van der Waals surface area contributed by atoms with Crippen LogP contribution in [0, 0.1) is 11.3 Å². The van der Waals surface area contributed by atoms with E-state index < -0.39 is 5.60 Å². The van der Waals surface area contributed by atoms with Gasteiger partial charge in [0.15, 0.2) is 0 Å². The summed E-state index contributed by atoms with van der Waals surface area (Å²) in [4.78, 5) is 14.0. The molecule has 0 saturated carbocycles. The Morgan fingerprint density at radius 2 is 1.95 bits per heavy atom. The summed E-state index contributed by atoms with van der Waals surface area (Å²) in [6.45, 7) is 12.5. The van der Waals surface area contributed by atoms with Gasteiger partial charge < -0.3 is 15.4 Å². The van der Waals surface area contributed by atoms with Gasteiger partial charge in [0.05, 0.1) is 0 Å². The Bertz CT molecular complexity index is 308. The molecule has 1 aliphatic heterocycles. The van der Waals surface area contributed by atoms with E-state index in [0.717, 1.165) is 25.9 Å². The average Bonchev–Trinajstić information content (AvgIpc) is 2.27. The maximum absolute atomic E-state index is 12.1. The van der Waals surface area contributed by atoms with E-state index in [9.17, 15) is 4.79 Å². The molecular formula is C15H30N2O2. The van der Waals surface area contributed by atoms with Gasteiger partial charge in [-0.1, -0.05) is 13.8 Å². The monoisotopic (exact) mass is 270 g/mol. The van der Waals surface area contributed by atoms with Crippen molar-refractivity contribution in [3.05, 3.63) is 0 Å². The van der Waals surface area contributed by atoms with E-state index in [-0.39, 0.29) is 11.5 Å². The number of hydrogen-bond donors (Lipinski definition) is 1. The minimum Gasteiger partial charge on any atom is -0.444 e. The van der Waals surface area contributed by atoms with Crippen molar-refractivity contribution < 1.29 is 9.53 Å². The number of hydrogen-bond acceptors (Lipinski definition) is 3. The van der Waals surface area contributed by atoms with Crippen LogP contribution in [0.5, 0.6) is 0 Å². The number of rotatable bonds is 3. The summed E-state index contributed by atoms with van der Waals surface area (Å²) in [6.07, 6.45) is 3.05. The maximum Gasteiger partial charge on any atom is 0.410 e. The first-order valence-electron chi connectivity index (χ1n) is 7.34. The average molecular weight is 270 g/mol. The van der Waals surface area contributed by atoms with E-state index in [1.54, 1.807) is 0 Å². The molecule has 1 fully saturated rings. The van der Waals surface area contributed by atoms with Crippen LogP contribution in [0.2, 0.25) is 0 Å². The SMILES string of the molecule is CC(C)(C)OC(=O)N1CCCC(C(C)(C)CCN)C1. The Hall–Kier alpha value is -0.770. The van der Waals surface area contributed by atoms with Crippen LogP contribution >= 0.6 is 0 Å². The summed E-state index contributed by atoms with van der Waals surface area (Å²) in [7, 11) is 0. The van der Waals surface area contributed by atoms with E-state index in [4.69, 9.17) is 10.5 Å². The maximum atomic E-state index is 12.1. The number of piperidine rings is 1. The Balaban J connectivity index is 2.62. The summed E-state index contributed by atoms with van der Waals surface area (Å²) in [5.41, 5.74) is 5.46. The zero-order chi connectivity index (χ0) is 14.7. The zero-order valence-electron chi connectivity index (χ0n) is 13.2. The lowest BCUT2D eigenvalue weighted by molar-refractivity contribution is 0.00657. The van der Waals surface area contributed by atoms with Gasteiger partial charge in [-0.25, -0.2) is 4.79 Å². The number of nitrogens with two attached hydrogens (primary N) is 1. The molecule has 112 valence electrons. The number of carbonyl (C=O) groups excluding carboxylic acids is 1. The fraction of sp³-hybridized carbons (Fsp3) is 0.933. The summed E-state index contributed by atoms with van der Waals surface area (Å²) in [5, 5.41) is 0. The van der Waals surface area contributed by atoms with Crippen molar-refractivity contribution in [2.24, 2.45) is 17.1 Å². The quantitative estimate of drug-likeness (QED) is 0.857. The Labute approximate surface area is 117 Å². The predicted octanol–water partition coefficient (Wildman–Crippen LogP) is 3.01. The molecule has 1 unspecified atom stereocenters. The molecule has 0 aromatic heterocycles. The van der Waals surface area contributed by atoms with Gasteiger partial charge in [-0.05, 0) is 57.9 Å². The lowest BCUT2D eigenvalue weighted by atomic mass is 9.72. The third kappa shape index (κ3) is 5.01. The largest absolute Gasteiger partial charge is 0.444 e. The lowest BCUT2D eigenvalue weighted by Crippen LogP contribution is -2.46. The van der Waals surface area contributed by atoms with Crippen molar-refractivity contribution >= 4 is 6.09 Å². The first-order valence-corrected chi connectivity index (χ1v) is 7.34. The molecule has 2 N–H and O–H groups in total. The number of carbonyl (C=O) groups is 1. The third-order valence-corrected chi connectivity index (χ3v) is 3.97. The van der Waals surface area contributed by atoms with Crippen LogP contribution in [0.4, 0.5) is 4.79 Å². The van der Waals surface area contributed by atoms with Crippen molar-refractivity contribution in [2.45, 2.75) is 59.5 Å². The highest BCUT2D eigenvalue weighted by molar-refractivity contribution is 5.68. The van der Waals surface area contributed by atoms with Gasteiger partial charge in [0.1, 0.15) is 5.60 Å². The van der Waals surface area contributed by atoms with E-state index in [1.165, 1.54) is 6.42 Å². The van der Waals surface area contributed by atoms with Crippen LogP contribution in [-0.4, -0.2) is 36.2 Å². The summed E-state index contributed by atoms with van der Waals surface area (Å²) in [6, 6.07) is 0.